The Hall–Kier alpha value is -2.11. The summed E-state index contributed by atoms with van der Waals surface area (Å²) in [5.74, 6) is 0.518. The number of alkyl halides is 3. The first kappa shape index (κ1) is 37.6. The Morgan fingerprint density at radius 3 is 2.32 bits per heavy atom. The number of hydrogen-bond acceptors (Lipinski definition) is 9. The normalized spacial score (nSPS) is 19.1. The van der Waals surface area contributed by atoms with E-state index in [1.165, 1.54) is 34.6 Å². The van der Waals surface area contributed by atoms with Crippen molar-refractivity contribution in [3.05, 3.63) is 57.5 Å². The lowest BCUT2D eigenvalue weighted by Crippen LogP contribution is -2.49. The Balaban J connectivity index is 1.21. The van der Waals surface area contributed by atoms with Crippen LogP contribution in [-0.2, 0) is 35.7 Å². The molecule has 2 aromatic heterocycles. The number of likely N-dealkylation sites (tertiary alicyclic amines) is 1. The molecule has 17 heteroatoms. The van der Waals surface area contributed by atoms with Gasteiger partial charge in [0, 0.05) is 98.6 Å². The minimum Gasteiger partial charge on any atom is -0.390 e. The Labute approximate surface area is 305 Å². The van der Waals surface area contributed by atoms with Crippen molar-refractivity contribution in [2.45, 2.75) is 55.9 Å². The van der Waals surface area contributed by atoms with Gasteiger partial charge in [0.25, 0.3) is 0 Å². The van der Waals surface area contributed by atoms with Gasteiger partial charge in [0.1, 0.15) is 0 Å². The topological polar surface area (TPSA) is 98.0 Å². The number of aliphatic hydroxyl groups excluding tert-OH is 1. The molecule has 0 spiro atoms. The van der Waals surface area contributed by atoms with Gasteiger partial charge in [-0.1, -0.05) is 35.7 Å². The number of sulfonamides is 1. The maximum atomic E-state index is 14.1. The van der Waals surface area contributed by atoms with Gasteiger partial charge in [-0.05, 0) is 38.1 Å². The van der Waals surface area contributed by atoms with E-state index in [4.69, 9.17) is 28.3 Å². The first-order valence-corrected chi connectivity index (χ1v) is 20.4. The number of thioether (sulfide) groups is 1. The summed E-state index contributed by atoms with van der Waals surface area (Å²) in [6.07, 6.45) is 2.72. The Morgan fingerprint density at radius 1 is 0.960 bits per heavy atom. The molecule has 1 N–H and O–H groups in total. The number of pyridine rings is 1. The highest BCUT2D eigenvalue weighted by atomic mass is 35.5. The largest absolute Gasteiger partial charge is 0.417 e. The van der Waals surface area contributed by atoms with Crippen molar-refractivity contribution in [2.75, 3.05) is 75.8 Å². The lowest BCUT2D eigenvalue weighted by molar-refractivity contribution is -0.139. The molecule has 0 aliphatic carbocycles. The van der Waals surface area contributed by atoms with Gasteiger partial charge in [-0.3, -0.25) is 14.6 Å². The summed E-state index contributed by atoms with van der Waals surface area (Å²) in [5.41, 5.74) is 2.41. The number of aliphatic hydroxyl groups is 1. The quantitative estimate of drug-likeness (QED) is 0.259. The maximum absolute atomic E-state index is 14.1. The Morgan fingerprint density at radius 2 is 1.66 bits per heavy atom. The van der Waals surface area contributed by atoms with Crippen LogP contribution in [-0.4, -0.2) is 119 Å². The lowest BCUT2D eigenvalue weighted by atomic mass is 10.0. The van der Waals surface area contributed by atoms with Crippen LogP contribution in [0.25, 0.3) is 11.3 Å². The highest BCUT2D eigenvalue weighted by Gasteiger charge is 2.35. The lowest BCUT2D eigenvalue weighted by Gasteiger charge is -2.37. The van der Waals surface area contributed by atoms with Gasteiger partial charge in [0.15, 0.2) is 0 Å². The van der Waals surface area contributed by atoms with Crippen LogP contribution in [0, 0.1) is 0 Å². The van der Waals surface area contributed by atoms with E-state index in [1.54, 1.807) is 17.1 Å². The van der Waals surface area contributed by atoms with Crippen molar-refractivity contribution in [2.24, 2.45) is 0 Å². The molecule has 0 amide bonds. The molecule has 5 heterocycles. The Kier molecular flexibility index (Phi) is 11.9. The molecule has 50 heavy (non-hydrogen) atoms. The number of fused-ring (bicyclic) bond motifs is 1. The van der Waals surface area contributed by atoms with E-state index in [0.717, 1.165) is 49.6 Å². The minimum absolute atomic E-state index is 0.0557. The monoisotopic (exact) mass is 775 g/mol. The molecule has 1 unspecified atom stereocenters. The third kappa shape index (κ3) is 8.91. The number of halogens is 5. The van der Waals surface area contributed by atoms with Gasteiger partial charge < -0.3 is 14.9 Å². The van der Waals surface area contributed by atoms with Crippen molar-refractivity contribution in [3.63, 3.8) is 0 Å². The van der Waals surface area contributed by atoms with Gasteiger partial charge in [0.05, 0.1) is 45.9 Å². The minimum atomic E-state index is -4.52. The average Bonchev–Trinajstić information content (AvgIpc) is 3.42. The molecular formula is C33H42Cl2F3N7O3S2. The van der Waals surface area contributed by atoms with Gasteiger partial charge in [-0.2, -0.15) is 22.6 Å². The van der Waals surface area contributed by atoms with E-state index >= 15 is 0 Å². The predicted octanol–water partition coefficient (Wildman–Crippen LogP) is 5.35. The molecule has 3 aliphatic heterocycles. The highest BCUT2D eigenvalue weighted by Crippen LogP contribution is 2.40. The molecule has 6 rings (SSSR count). The van der Waals surface area contributed by atoms with E-state index in [-0.39, 0.29) is 24.5 Å². The number of piperidine rings is 1. The number of rotatable bonds is 11. The standard InChI is InChI=1S/C33H42Cl2F3N7O3S2/c1-50(47,48)44-10-7-29-25(22-44)31(23-5-6-26(33(36,37)38)30(17-23)49-16-15-41-8-3-2-4-9-41)40-45(29)21-24(46)20-42-11-13-43(14-12-42)32-27(34)18-39-19-28(32)35/h5-6,17-19,24,46H,2-4,7-16,20-22H2,1H3. The number of piperazine rings is 1. The van der Waals surface area contributed by atoms with Gasteiger partial charge in [0.2, 0.25) is 10.0 Å². The van der Waals surface area contributed by atoms with E-state index in [1.807, 2.05) is 0 Å². The predicted molar refractivity (Wildman–Crippen MR) is 192 cm³/mol. The van der Waals surface area contributed by atoms with Crippen molar-refractivity contribution in [1.29, 1.82) is 0 Å². The summed E-state index contributed by atoms with van der Waals surface area (Å²) in [6, 6.07) is 4.05. The second-order valence-corrected chi connectivity index (χ2v) is 17.1. The maximum Gasteiger partial charge on any atom is 0.417 e. The number of anilines is 1. The van der Waals surface area contributed by atoms with Crippen LogP contribution in [0.2, 0.25) is 10.0 Å². The van der Waals surface area contributed by atoms with Crippen molar-refractivity contribution in [3.8, 4) is 11.3 Å². The molecule has 0 saturated carbocycles. The molecule has 1 atom stereocenters. The van der Waals surface area contributed by atoms with Crippen LogP contribution in [0.1, 0.15) is 36.1 Å². The summed E-state index contributed by atoms with van der Waals surface area (Å²) < 4.78 is 70.6. The van der Waals surface area contributed by atoms with Crippen molar-refractivity contribution < 1.29 is 26.7 Å². The van der Waals surface area contributed by atoms with Crippen molar-refractivity contribution in [1.82, 2.24) is 28.9 Å². The first-order valence-electron chi connectivity index (χ1n) is 16.8. The molecule has 10 nitrogen and oxygen atoms in total. The molecule has 2 fully saturated rings. The number of nitrogens with zero attached hydrogens (tertiary/aromatic N) is 7. The molecule has 0 radical (unpaired) electrons. The van der Waals surface area contributed by atoms with Gasteiger partial charge in [-0.15, -0.1) is 11.8 Å². The smallest absolute Gasteiger partial charge is 0.390 e. The summed E-state index contributed by atoms with van der Waals surface area (Å²) >= 11 is 13.9. The number of hydrogen-bond donors (Lipinski definition) is 1. The fourth-order valence-electron chi connectivity index (χ4n) is 7.04. The zero-order valence-corrected chi connectivity index (χ0v) is 31.0. The van der Waals surface area contributed by atoms with Crippen LogP contribution in [0.3, 0.4) is 0 Å². The van der Waals surface area contributed by atoms with E-state index < -0.39 is 27.9 Å². The van der Waals surface area contributed by atoms with Gasteiger partial charge >= 0.3 is 6.18 Å². The Bertz CT molecular complexity index is 1750. The summed E-state index contributed by atoms with van der Waals surface area (Å²) in [6.45, 7) is 6.12. The van der Waals surface area contributed by atoms with Gasteiger partial charge in [-0.25, -0.2) is 8.42 Å². The summed E-state index contributed by atoms with van der Waals surface area (Å²) in [5, 5.41) is 17.1. The fraction of sp³-hybridized carbons (Fsp3) is 0.576. The molecular weight excluding hydrogens is 734 g/mol. The van der Waals surface area contributed by atoms with Crippen LogP contribution in [0.15, 0.2) is 35.5 Å². The second-order valence-electron chi connectivity index (χ2n) is 13.2. The molecule has 0 bridgehead atoms. The molecule has 3 aromatic rings. The zero-order chi connectivity index (χ0) is 35.6. The van der Waals surface area contributed by atoms with E-state index in [0.29, 0.717) is 78.3 Å². The van der Waals surface area contributed by atoms with Crippen LogP contribution in [0.5, 0.6) is 0 Å². The third-order valence-electron chi connectivity index (χ3n) is 9.61. The fourth-order valence-corrected chi connectivity index (χ4v) is 9.55. The molecule has 1 aromatic carbocycles. The molecule has 274 valence electrons. The number of β-amino-alcohol motifs (C(OH)–C–C–N with tert-alkyl or cyclic N) is 1. The molecule has 3 aliphatic rings. The molecule has 2 saturated heterocycles. The summed E-state index contributed by atoms with van der Waals surface area (Å²) in [7, 11) is -3.53. The third-order valence-corrected chi connectivity index (χ3v) is 12.4. The first-order chi connectivity index (χ1) is 23.8. The van der Waals surface area contributed by atoms with E-state index in [2.05, 4.69) is 19.7 Å². The SMILES string of the molecule is CS(=O)(=O)N1CCc2c(c(-c3ccc(C(F)(F)F)c(SCCN4CCCCC4)c3)nn2CC(O)CN2CCN(c3c(Cl)cncc3Cl)CC2)C1. The highest BCUT2D eigenvalue weighted by molar-refractivity contribution is 7.99. The van der Waals surface area contributed by atoms with Crippen LogP contribution in [0.4, 0.5) is 18.9 Å². The second kappa shape index (κ2) is 15.9. The number of benzene rings is 1. The zero-order valence-electron chi connectivity index (χ0n) is 27.9. The van der Waals surface area contributed by atoms with Crippen molar-refractivity contribution >= 4 is 50.7 Å². The van der Waals surface area contributed by atoms with Crippen LogP contribution < -0.4 is 4.90 Å². The number of aromatic nitrogens is 3. The average molecular weight is 777 g/mol. The van der Waals surface area contributed by atoms with Crippen LogP contribution >= 0.6 is 35.0 Å². The van der Waals surface area contributed by atoms with E-state index in [9.17, 15) is 26.7 Å². The summed E-state index contributed by atoms with van der Waals surface area (Å²) in [4.78, 5) is 10.7.